The van der Waals surface area contributed by atoms with Crippen molar-refractivity contribution in [3.8, 4) is 5.75 Å². The van der Waals surface area contributed by atoms with Crippen molar-refractivity contribution in [2.75, 3.05) is 19.7 Å². The highest BCUT2D eigenvalue weighted by Crippen LogP contribution is 2.21. The van der Waals surface area contributed by atoms with Crippen molar-refractivity contribution in [1.82, 2.24) is 14.7 Å². The zero-order valence-corrected chi connectivity index (χ0v) is 12.8. The molecule has 0 aliphatic carbocycles. The van der Waals surface area contributed by atoms with Gasteiger partial charge in [0.05, 0.1) is 31.0 Å². The van der Waals surface area contributed by atoms with Gasteiger partial charge in [-0.1, -0.05) is 0 Å². The molecule has 1 N–H and O–H groups in total. The molecule has 0 unspecified atom stereocenters. The van der Waals surface area contributed by atoms with E-state index >= 15 is 0 Å². The fourth-order valence-corrected chi connectivity index (χ4v) is 2.65. The number of halogens is 1. The van der Waals surface area contributed by atoms with Gasteiger partial charge in [0.2, 0.25) is 0 Å². The zero-order valence-electron chi connectivity index (χ0n) is 12.8. The lowest BCUT2D eigenvalue weighted by Crippen LogP contribution is -2.47. The highest BCUT2D eigenvalue weighted by atomic mass is 19.1. The van der Waals surface area contributed by atoms with Crippen LogP contribution in [0.4, 0.5) is 4.39 Å². The third kappa shape index (κ3) is 3.50. The SMILES string of the molecule is Cc1cnn(C[C@@H]2CN(C(=O)c3ccc(F)cc3O)CCO2)c1. The summed E-state index contributed by atoms with van der Waals surface area (Å²) in [5, 5.41) is 14.0. The van der Waals surface area contributed by atoms with Crippen LogP contribution in [0.5, 0.6) is 5.75 Å². The van der Waals surface area contributed by atoms with E-state index in [0.29, 0.717) is 26.2 Å². The molecule has 0 spiro atoms. The molecular formula is C16H18FN3O3. The van der Waals surface area contributed by atoms with Crippen molar-refractivity contribution < 1.29 is 19.0 Å². The Kier molecular flexibility index (Phi) is 4.29. The number of phenols is 1. The Labute approximate surface area is 133 Å². The van der Waals surface area contributed by atoms with E-state index in [9.17, 15) is 14.3 Å². The number of ether oxygens (including phenoxy) is 1. The maximum absolute atomic E-state index is 13.0. The van der Waals surface area contributed by atoms with Gasteiger partial charge in [-0.05, 0) is 24.6 Å². The first-order valence-electron chi connectivity index (χ1n) is 7.41. The first-order chi connectivity index (χ1) is 11.0. The van der Waals surface area contributed by atoms with Crippen LogP contribution >= 0.6 is 0 Å². The minimum absolute atomic E-state index is 0.0991. The fourth-order valence-electron chi connectivity index (χ4n) is 2.65. The van der Waals surface area contributed by atoms with Gasteiger partial charge in [-0.3, -0.25) is 9.48 Å². The monoisotopic (exact) mass is 319 g/mol. The number of rotatable bonds is 3. The van der Waals surface area contributed by atoms with Crippen LogP contribution in [0.2, 0.25) is 0 Å². The summed E-state index contributed by atoms with van der Waals surface area (Å²) in [5.74, 6) is -1.25. The first-order valence-corrected chi connectivity index (χ1v) is 7.41. The number of hydrogen-bond acceptors (Lipinski definition) is 4. The minimum Gasteiger partial charge on any atom is -0.507 e. The summed E-state index contributed by atoms with van der Waals surface area (Å²) in [5.41, 5.74) is 1.16. The number of benzene rings is 1. The van der Waals surface area contributed by atoms with Crippen molar-refractivity contribution in [2.24, 2.45) is 0 Å². The Morgan fingerprint density at radius 1 is 1.52 bits per heavy atom. The van der Waals surface area contributed by atoms with E-state index in [1.807, 2.05) is 13.1 Å². The first kappa shape index (κ1) is 15.5. The van der Waals surface area contributed by atoms with Crippen molar-refractivity contribution in [3.05, 3.63) is 47.5 Å². The second kappa shape index (κ2) is 6.37. The van der Waals surface area contributed by atoms with Crippen molar-refractivity contribution in [3.63, 3.8) is 0 Å². The van der Waals surface area contributed by atoms with E-state index in [1.54, 1.807) is 15.8 Å². The van der Waals surface area contributed by atoms with Crippen LogP contribution in [0.15, 0.2) is 30.6 Å². The molecular weight excluding hydrogens is 301 g/mol. The van der Waals surface area contributed by atoms with Crippen molar-refractivity contribution in [1.29, 1.82) is 0 Å². The maximum Gasteiger partial charge on any atom is 0.257 e. The number of carbonyl (C=O) groups excluding carboxylic acids is 1. The molecule has 2 heterocycles. The molecule has 2 aromatic rings. The van der Waals surface area contributed by atoms with E-state index in [4.69, 9.17) is 4.74 Å². The Bertz CT molecular complexity index is 716. The van der Waals surface area contributed by atoms with Gasteiger partial charge in [0, 0.05) is 25.4 Å². The Morgan fingerprint density at radius 2 is 2.35 bits per heavy atom. The van der Waals surface area contributed by atoms with Gasteiger partial charge in [0.1, 0.15) is 11.6 Å². The molecule has 1 aliphatic rings. The summed E-state index contributed by atoms with van der Waals surface area (Å²) >= 11 is 0. The summed E-state index contributed by atoms with van der Waals surface area (Å²) in [6.07, 6.45) is 3.51. The highest BCUT2D eigenvalue weighted by Gasteiger charge is 2.27. The van der Waals surface area contributed by atoms with Crippen molar-refractivity contribution >= 4 is 5.91 Å². The topological polar surface area (TPSA) is 67.6 Å². The van der Waals surface area contributed by atoms with Crippen LogP contribution in [0, 0.1) is 12.7 Å². The van der Waals surface area contributed by atoms with Crippen molar-refractivity contribution in [2.45, 2.75) is 19.6 Å². The summed E-state index contributed by atoms with van der Waals surface area (Å²) < 4.78 is 20.5. The third-order valence-electron chi connectivity index (χ3n) is 3.77. The second-order valence-corrected chi connectivity index (χ2v) is 5.65. The Balaban J connectivity index is 1.69. The molecule has 122 valence electrons. The lowest BCUT2D eigenvalue weighted by atomic mass is 10.1. The standard InChI is InChI=1S/C16H18FN3O3/c1-11-7-18-20(8-11)10-13-9-19(4-5-23-13)16(22)14-3-2-12(17)6-15(14)21/h2-3,6-8,13,21H,4-5,9-10H2,1H3/t13-/m0/s1. The molecule has 7 heteroatoms. The van der Waals surface area contributed by atoms with Gasteiger partial charge in [-0.2, -0.15) is 5.10 Å². The number of nitrogens with zero attached hydrogens (tertiary/aromatic N) is 3. The summed E-state index contributed by atoms with van der Waals surface area (Å²) in [4.78, 5) is 14.1. The number of carbonyl (C=O) groups is 1. The molecule has 1 aromatic carbocycles. The molecule has 1 atom stereocenters. The van der Waals surface area contributed by atoms with Gasteiger partial charge < -0.3 is 14.7 Å². The van der Waals surface area contributed by atoms with Gasteiger partial charge >= 0.3 is 0 Å². The number of morpholine rings is 1. The predicted molar refractivity (Wildman–Crippen MR) is 80.7 cm³/mol. The largest absolute Gasteiger partial charge is 0.507 e. The van der Waals surface area contributed by atoms with E-state index in [2.05, 4.69) is 5.10 Å². The van der Waals surface area contributed by atoms with E-state index in [0.717, 1.165) is 17.7 Å². The van der Waals surface area contributed by atoms with Gasteiger partial charge in [-0.15, -0.1) is 0 Å². The number of hydrogen-bond donors (Lipinski definition) is 1. The maximum atomic E-state index is 13.0. The molecule has 1 aliphatic heterocycles. The molecule has 1 amide bonds. The smallest absolute Gasteiger partial charge is 0.257 e. The quantitative estimate of drug-likeness (QED) is 0.933. The average Bonchev–Trinajstić information content (AvgIpc) is 2.92. The third-order valence-corrected chi connectivity index (χ3v) is 3.77. The molecule has 1 saturated heterocycles. The van der Waals surface area contributed by atoms with E-state index in [-0.39, 0.29) is 23.3 Å². The summed E-state index contributed by atoms with van der Waals surface area (Å²) in [7, 11) is 0. The van der Waals surface area contributed by atoms with Crippen LogP contribution in [0.25, 0.3) is 0 Å². The van der Waals surface area contributed by atoms with Crippen LogP contribution in [-0.2, 0) is 11.3 Å². The molecule has 0 radical (unpaired) electrons. The van der Waals surface area contributed by atoms with E-state index in [1.165, 1.54) is 6.07 Å². The molecule has 0 saturated carbocycles. The number of phenolic OH excluding ortho intramolecular Hbond substituents is 1. The second-order valence-electron chi connectivity index (χ2n) is 5.65. The molecule has 6 nitrogen and oxygen atoms in total. The van der Waals surface area contributed by atoms with E-state index < -0.39 is 5.82 Å². The van der Waals surface area contributed by atoms with Crippen LogP contribution < -0.4 is 0 Å². The number of aryl methyl sites for hydroxylation is 1. The zero-order chi connectivity index (χ0) is 16.4. The molecule has 1 aromatic heterocycles. The van der Waals surface area contributed by atoms with Gasteiger partial charge in [-0.25, -0.2) is 4.39 Å². The highest BCUT2D eigenvalue weighted by molar-refractivity contribution is 5.96. The molecule has 23 heavy (non-hydrogen) atoms. The Morgan fingerprint density at radius 3 is 3.04 bits per heavy atom. The summed E-state index contributed by atoms with van der Waals surface area (Å²) in [6, 6.07) is 3.41. The van der Waals surface area contributed by atoms with Gasteiger partial charge in [0.15, 0.2) is 0 Å². The van der Waals surface area contributed by atoms with Gasteiger partial charge in [0.25, 0.3) is 5.91 Å². The van der Waals surface area contributed by atoms with Crippen LogP contribution in [0.1, 0.15) is 15.9 Å². The fraction of sp³-hybridized carbons (Fsp3) is 0.375. The lowest BCUT2D eigenvalue weighted by molar-refractivity contribution is -0.0300. The number of aromatic nitrogens is 2. The molecule has 1 fully saturated rings. The normalized spacial score (nSPS) is 18.2. The number of aromatic hydroxyl groups is 1. The summed E-state index contributed by atoms with van der Waals surface area (Å²) in [6.45, 7) is 3.75. The number of amides is 1. The van der Waals surface area contributed by atoms with Crippen LogP contribution in [-0.4, -0.2) is 51.5 Å². The predicted octanol–water partition coefficient (Wildman–Crippen LogP) is 1.58. The Hall–Kier alpha value is -2.41. The minimum atomic E-state index is -0.576. The molecule has 0 bridgehead atoms. The molecule has 3 rings (SSSR count). The lowest BCUT2D eigenvalue weighted by Gasteiger charge is -2.33. The van der Waals surface area contributed by atoms with Crippen LogP contribution in [0.3, 0.4) is 0 Å². The average molecular weight is 319 g/mol.